The van der Waals surface area contributed by atoms with Crippen molar-refractivity contribution in [3.8, 4) is 33.6 Å². The Morgan fingerprint density at radius 1 is 0.353 bits per heavy atom. The van der Waals surface area contributed by atoms with Crippen LogP contribution in [0.1, 0.15) is 22.3 Å². The Kier molecular flexibility index (Phi) is 5.20. The van der Waals surface area contributed by atoms with Crippen LogP contribution in [-0.4, -0.2) is 9.13 Å². The summed E-state index contributed by atoms with van der Waals surface area (Å²) in [5, 5.41) is 5.12. The van der Waals surface area contributed by atoms with Crippen LogP contribution in [0.3, 0.4) is 0 Å². The van der Waals surface area contributed by atoms with E-state index in [4.69, 9.17) is 0 Å². The summed E-state index contributed by atoms with van der Waals surface area (Å²) in [5.74, 6) is 0. The van der Waals surface area contributed by atoms with E-state index in [2.05, 4.69) is 191 Å². The fraction of sp³-hybridized carbons (Fsp3) is 0.0204. The van der Waals surface area contributed by atoms with Crippen LogP contribution in [0.4, 0.5) is 0 Å². The van der Waals surface area contributed by atoms with Crippen LogP contribution in [0.15, 0.2) is 182 Å². The van der Waals surface area contributed by atoms with Crippen LogP contribution in [0, 0.1) is 0 Å². The summed E-state index contributed by atoms with van der Waals surface area (Å²) in [7, 11) is 0. The van der Waals surface area contributed by atoms with Crippen molar-refractivity contribution < 1.29 is 0 Å². The summed E-state index contributed by atoms with van der Waals surface area (Å²) in [6.07, 6.45) is 0. The van der Waals surface area contributed by atoms with Gasteiger partial charge in [-0.1, -0.05) is 140 Å². The number of nitrogens with zero attached hydrogens (tertiary/aromatic N) is 2. The molecular weight excluding hydrogens is 617 g/mol. The molecular formula is C49H30N2. The van der Waals surface area contributed by atoms with Crippen LogP contribution in [0.2, 0.25) is 0 Å². The molecule has 0 fully saturated rings. The van der Waals surface area contributed by atoms with Crippen LogP contribution in [0.5, 0.6) is 0 Å². The second-order valence-electron chi connectivity index (χ2n) is 14.0. The van der Waals surface area contributed by atoms with Crippen LogP contribution < -0.4 is 0 Å². The summed E-state index contributed by atoms with van der Waals surface area (Å²) in [4.78, 5) is 0. The maximum absolute atomic E-state index is 2.52. The molecule has 12 rings (SSSR count). The van der Waals surface area contributed by atoms with Gasteiger partial charge in [-0.3, -0.25) is 0 Å². The highest BCUT2D eigenvalue weighted by atomic mass is 15.0. The molecule has 1 atom stereocenters. The monoisotopic (exact) mass is 646 g/mol. The Morgan fingerprint density at radius 3 is 1.80 bits per heavy atom. The van der Waals surface area contributed by atoms with Gasteiger partial charge in [0.15, 0.2) is 0 Å². The topological polar surface area (TPSA) is 9.86 Å². The first-order valence-corrected chi connectivity index (χ1v) is 17.8. The molecule has 8 aromatic carbocycles. The lowest BCUT2D eigenvalue weighted by molar-refractivity contribution is 0.750. The first-order chi connectivity index (χ1) is 25.3. The van der Waals surface area contributed by atoms with E-state index in [-0.39, 0.29) is 0 Å². The van der Waals surface area contributed by atoms with E-state index < -0.39 is 5.41 Å². The summed E-state index contributed by atoms with van der Waals surface area (Å²) in [6.45, 7) is 0. The lowest BCUT2D eigenvalue weighted by Gasteiger charge is -2.40. The Bertz CT molecular complexity index is 3090. The van der Waals surface area contributed by atoms with Crippen molar-refractivity contribution in [1.82, 2.24) is 9.13 Å². The number of hydrogen-bond donors (Lipinski definition) is 0. The molecule has 236 valence electrons. The molecule has 51 heavy (non-hydrogen) atoms. The molecule has 2 heteroatoms. The maximum atomic E-state index is 2.52. The zero-order chi connectivity index (χ0) is 33.3. The normalized spacial score (nSPS) is 15.5. The molecule has 1 unspecified atom stereocenters. The Hall–Kier alpha value is -6.64. The third-order valence-corrected chi connectivity index (χ3v) is 11.7. The van der Waals surface area contributed by atoms with Gasteiger partial charge in [0.05, 0.1) is 33.2 Å². The third-order valence-electron chi connectivity index (χ3n) is 11.7. The maximum Gasteiger partial charge on any atom is 0.0760 e. The van der Waals surface area contributed by atoms with Crippen LogP contribution in [0.25, 0.3) is 77.2 Å². The predicted octanol–water partition coefficient (Wildman–Crippen LogP) is 12.2. The lowest BCUT2D eigenvalue weighted by Crippen LogP contribution is -2.34. The molecule has 1 spiro atoms. The molecule has 10 aromatic rings. The van der Waals surface area contributed by atoms with Crippen molar-refractivity contribution in [3.05, 3.63) is 204 Å². The zero-order valence-corrected chi connectivity index (χ0v) is 27.7. The van der Waals surface area contributed by atoms with Crippen molar-refractivity contribution in [2.24, 2.45) is 0 Å². The zero-order valence-electron chi connectivity index (χ0n) is 27.7. The summed E-state index contributed by atoms with van der Waals surface area (Å²) in [5.41, 5.74) is 17.4. The van der Waals surface area contributed by atoms with E-state index >= 15 is 0 Å². The fourth-order valence-corrected chi connectivity index (χ4v) is 9.86. The molecule has 2 aromatic heterocycles. The van der Waals surface area contributed by atoms with E-state index in [1.54, 1.807) is 0 Å². The number of rotatable bonds is 2. The van der Waals surface area contributed by atoms with E-state index in [9.17, 15) is 0 Å². The highest BCUT2D eigenvalue weighted by Crippen LogP contribution is 2.62. The standard InChI is InChI=1S/C49H30N2/c1-2-14-32(15-3-1)50-43-25-9-6-18-36(43)39-30-31(28-29-45(39)50)33-19-12-20-37-34-16-4-7-22-40(34)49(47(33)37)41-23-8-11-27-46(41)51-44-26-10-5-17-35(44)38-21-13-24-42(49)48(38)51/h1-30H. The number of aromatic nitrogens is 2. The van der Waals surface area contributed by atoms with Gasteiger partial charge in [0.2, 0.25) is 0 Å². The Morgan fingerprint density at radius 2 is 0.941 bits per heavy atom. The van der Waals surface area contributed by atoms with E-state index in [1.165, 1.54) is 99.5 Å². The van der Waals surface area contributed by atoms with Crippen molar-refractivity contribution >= 4 is 43.6 Å². The van der Waals surface area contributed by atoms with Gasteiger partial charge >= 0.3 is 0 Å². The van der Waals surface area contributed by atoms with Gasteiger partial charge in [-0.2, -0.15) is 0 Å². The number of para-hydroxylation sites is 5. The van der Waals surface area contributed by atoms with Gasteiger partial charge in [-0.05, 0) is 87.0 Å². The highest BCUT2D eigenvalue weighted by Gasteiger charge is 2.51. The van der Waals surface area contributed by atoms with Crippen molar-refractivity contribution in [2.45, 2.75) is 5.41 Å². The largest absolute Gasteiger partial charge is 0.309 e. The van der Waals surface area contributed by atoms with Crippen molar-refractivity contribution in [3.63, 3.8) is 0 Å². The average molecular weight is 647 g/mol. The molecule has 2 aliphatic rings. The molecule has 3 heterocycles. The molecule has 1 aliphatic heterocycles. The average Bonchev–Trinajstić information content (AvgIpc) is 3.82. The molecule has 0 radical (unpaired) electrons. The van der Waals surface area contributed by atoms with Crippen LogP contribution >= 0.6 is 0 Å². The number of fused-ring (bicyclic) bond motifs is 15. The molecule has 1 aliphatic carbocycles. The van der Waals surface area contributed by atoms with E-state index in [0.29, 0.717) is 0 Å². The van der Waals surface area contributed by atoms with Crippen LogP contribution in [-0.2, 0) is 5.41 Å². The Balaban J connectivity index is 1.23. The van der Waals surface area contributed by atoms with Gasteiger partial charge in [0, 0.05) is 27.2 Å². The summed E-state index contributed by atoms with van der Waals surface area (Å²) < 4.78 is 4.92. The lowest BCUT2D eigenvalue weighted by atomic mass is 9.64. The molecule has 0 amide bonds. The van der Waals surface area contributed by atoms with Gasteiger partial charge < -0.3 is 9.13 Å². The molecule has 0 bridgehead atoms. The van der Waals surface area contributed by atoms with Gasteiger partial charge in [0.25, 0.3) is 0 Å². The molecule has 2 nitrogen and oxygen atoms in total. The first kappa shape index (κ1) is 27.2. The quantitative estimate of drug-likeness (QED) is 0.177. The van der Waals surface area contributed by atoms with E-state index in [0.717, 1.165) is 0 Å². The van der Waals surface area contributed by atoms with Gasteiger partial charge in [-0.15, -0.1) is 0 Å². The summed E-state index contributed by atoms with van der Waals surface area (Å²) >= 11 is 0. The minimum absolute atomic E-state index is 0.504. The first-order valence-electron chi connectivity index (χ1n) is 17.8. The second kappa shape index (κ2) is 9.74. The number of hydrogen-bond acceptors (Lipinski definition) is 0. The van der Waals surface area contributed by atoms with Crippen molar-refractivity contribution in [1.29, 1.82) is 0 Å². The molecule has 0 saturated carbocycles. The SMILES string of the molecule is c1ccc(-n2c3ccccc3c3cc(-c4cccc5c4C4(c6ccccc6-5)c5ccccc5-n5c6ccccc6c6cccc4c65)ccc32)cc1. The fourth-order valence-electron chi connectivity index (χ4n) is 9.86. The second-order valence-corrected chi connectivity index (χ2v) is 14.0. The third kappa shape index (κ3) is 3.28. The van der Waals surface area contributed by atoms with Gasteiger partial charge in [-0.25, -0.2) is 0 Å². The van der Waals surface area contributed by atoms with Gasteiger partial charge in [0.1, 0.15) is 0 Å². The Labute approximate surface area is 295 Å². The smallest absolute Gasteiger partial charge is 0.0760 e. The number of benzene rings is 8. The molecule has 0 saturated heterocycles. The predicted molar refractivity (Wildman–Crippen MR) is 211 cm³/mol. The minimum atomic E-state index is -0.504. The van der Waals surface area contributed by atoms with E-state index in [1.807, 2.05) is 0 Å². The highest BCUT2D eigenvalue weighted by molar-refractivity contribution is 6.14. The summed E-state index contributed by atoms with van der Waals surface area (Å²) in [6, 6.07) is 67.8. The molecule has 0 N–H and O–H groups in total. The van der Waals surface area contributed by atoms with Crippen molar-refractivity contribution in [2.75, 3.05) is 0 Å². The minimum Gasteiger partial charge on any atom is -0.309 e.